The Kier molecular flexibility index (Phi) is 5.87. The predicted octanol–water partition coefficient (Wildman–Crippen LogP) is 5.47. The van der Waals surface area contributed by atoms with Crippen LogP contribution >= 0.6 is 0 Å². The van der Waals surface area contributed by atoms with E-state index in [9.17, 15) is 0 Å². The summed E-state index contributed by atoms with van der Waals surface area (Å²) in [7, 11) is 1.70. The largest absolute Gasteiger partial charge is 0.497 e. The van der Waals surface area contributed by atoms with Gasteiger partial charge in [-0.15, -0.1) is 0 Å². The first-order chi connectivity index (χ1) is 15.7. The number of benzene rings is 3. The third-order valence-corrected chi connectivity index (χ3v) is 6.44. The second-order valence-corrected chi connectivity index (χ2v) is 8.41. The van der Waals surface area contributed by atoms with Crippen molar-refractivity contribution in [2.24, 2.45) is 0 Å². The van der Waals surface area contributed by atoms with Crippen LogP contribution in [0.4, 0.5) is 0 Å². The number of nitrogens with zero attached hydrogens (tertiary/aromatic N) is 3. The van der Waals surface area contributed by atoms with Crippen LogP contribution < -0.4 is 4.74 Å². The van der Waals surface area contributed by atoms with Gasteiger partial charge < -0.3 is 4.74 Å². The molecule has 0 bridgehead atoms. The Morgan fingerprint density at radius 2 is 1.66 bits per heavy atom. The Hall–Kier alpha value is -3.24. The zero-order chi connectivity index (χ0) is 21.9. The molecule has 0 saturated carbocycles. The molecule has 0 fully saturated rings. The van der Waals surface area contributed by atoms with Gasteiger partial charge in [-0.3, -0.25) is 4.90 Å². The Morgan fingerprint density at radius 1 is 0.875 bits per heavy atom. The maximum Gasteiger partial charge on any atom is 0.129 e. The first-order valence-electron chi connectivity index (χ1n) is 11.5. The molecule has 4 nitrogen and oxygen atoms in total. The molecule has 3 aromatic carbocycles. The summed E-state index contributed by atoms with van der Waals surface area (Å²) in [5.74, 6) is 1.79. The van der Waals surface area contributed by atoms with Crippen molar-refractivity contribution in [3.05, 3.63) is 89.4 Å². The molecular formula is C28H29N3O. The number of hydrogen-bond donors (Lipinski definition) is 0. The summed E-state index contributed by atoms with van der Waals surface area (Å²) < 4.78 is 5.34. The third-order valence-electron chi connectivity index (χ3n) is 6.44. The first kappa shape index (κ1) is 20.7. The average molecular weight is 424 g/mol. The number of ether oxygens (including phenoxy) is 1. The summed E-state index contributed by atoms with van der Waals surface area (Å²) in [5.41, 5.74) is 6.13. The summed E-state index contributed by atoms with van der Waals surface area (Å²) in [6, 6.07) is 23.5. The minimum absolute atomic E-state index is 0.843. The van der Waals surface area contributed by atoms with E-state index in [1.807, 2.05) is 12.1 Å². The normalized spacial score (nSPS) is 14.2. The molecule has 1 aromatic heterocycles. The van der Waals surface area contributed by atoms with Gasteiger partial charge in [0, 0.05) is 49.3 Å². The molecule has 0 saturated heterocycles. The van der Waals surface area contributed by atoms with E-state index in [1.54, 1.807) is 7.11 Å². The van der Waals surface area contributed by atoms with Crippen LogP contribution in [0.3, 0.4) is 0 Å². The molecule has 0 radical (unpaired) electrons. The zero-order valence-electron chi connectivity index (χ0n) is 18.8. The van der Waals surface area contributed by atoms with Crippen LogP contribution in [0.2, 0.25) is 0 Å². The van der Waals surface area contributed by atoms with E-state index >= 15 is 0 Å². The van der Waals surface area contributed by atoms with Crippen molar-refractivity contribution in [2.75, 3.05) is 20.2 Å². The Labute approximate surface area is 189 Å². The van der Waals surface area contributed by atoms with Crippen molar-refractivity contribution in [2.45, 2.75) is 32.7 Å². The van der Waals surface area contributed by atoms with E-state index in [4.69, 9.17) is 14.7 Å². The molecule has 4 heteroatoms. The van der Waals surface area contributed by atoms with E-state index in [2.05, 4.69) is 66.4 Å². The lowest BCUT2D eigenvalue weighted by molar-refractivity contribution is 0.280. The summed E-state index contributed by atoms with van der Waals surface area (Å²) in [6.45, 7) is 5.11. The van der Waals surface area contributed by atoms with E-state index < -0.39 is 0 Å². The SMILES string of the molecule is CCc1nc2c(c(-c3ccc(OC)cc3)n1)CCN(Cc1cccc3ccccc13)CC2. The smallest absolute Gasteiger partial charge is 0.129 e. The Morgan fingerprint density at radius 3 is 2.47 bits per heavy atom. The molecule has 0 spiro atoms. The van der Waals surface area contributed by atoms with Crippen LogP contribution in [-0.4, -0.2) is 35.1 Å². The van der Waals surface area contributed by atoms with Gasteiger partial charge in [0.2, 0.25) is 0 Å². The van der Waals surface area contributed by atoms with Gasteiger partial charge >= 0.3 is 0 Å². The monoisotopic (exact) mass is 423 g/mol. The second kappa shape index (κ2) is 9.09. The third kappa shape index (κ3) is 4.11. The highest BCUT2D eigenvalue weighted by Gasteiger charge is 2.21. The lowest BCUT2D eigenvalue weighted by atomic mass is 10.0. The van der Waals surface area contributed by atoms with Crippen LogP contribution in [0.5, 0.6) is 5.75 Å². The highest BCUT2D eigenvalue weighted by atomic mass is 16.5. The van der Waals surface area contributed by atoms with Crippen LogP contribution in [0.1, 0.15) is 29.6 Å². The summed E-state index contributed by atoms with van der Waals surface area (Å²) in [6.07, 6.45) is 2.76. The van der Waals surface area contributed by atoms with E-state index in [1.165, 1.54) is 27.6 Å². The van der Waals surface area contributed by atoms with E-state index in [0.29, 0.717) is 0 Å². The molecule has 162 valence electrons. The molecule has 0 unspecified atom stereocenters. The number of methoxy groups -OCH3 is 1. The summed E-state index contributed by atoms with van der Waals surface area (Å²) in [4.78, 5) is 12.5. The number of rotatable bonds is 5. The number of fused-ring (bicyclic) bond motifs is 2. The predicted molar refractivity (Wildman–Crippen MR) is 130 cm³/mol. The van der Waals surface area contributed by atoms with Crippen molar-refractivity contribution in [1.29, 1.82) is 0 Å². The quantitative estimate of drug-likeness (QED) is 0.427. The van der Waals surface area contributed by atoms with Crippen LogP contribution in [0, 0.1) is 0 Å². The molecule has 0 N–H and O–H groups in total. The topological polar surface area (TPSA) is 38.3 Å². The van der Waals surface area contributed by atoms with Gasteiger partial charge in [-0.2, -0.15) is 0 Å². The molecule has 1 aliphatic rings. The van der Waals surface area contributed by atoms with Crippen molar-refractivity contribution in [3.63, 3.8) is 0 Å². The zero-order valence-corrected chi connectivity index (χ0v) is 18.8. The van der Waals surface area contributed by atoms with Crippen molar-refractivity contribution < 1.29 is 4.74 Å². The van der Waals surface area contributed by atoms with Crippen LogP contribution in [0.15, 0.2) is 66.7 Å². The fourth-order valence-electron chi connectivity index (χ4n) is 4.67. The summed E-state index contributed by atoms with van der Waals surface area (Å²) >= 11 is 0. The maximum atomic E-state index is 5.34. The molecule has 1 aliphatic heterocycles. The van der Waals surface area contributed by atoms with Crippen molar-refractivity contribution >= 4 is 10.8 Å². The van der Waals surface area contributed by atoms with Gasteiger partial charge in [0.25, 0.3) is 0 Å². The standard InChI is InChI=1S/C28H29N3O/c1-3-27-29-26-16-18-31(19-22-9-6-8-20-7-4-5-10-24(20)22)17-15-25(26)28(30-27)21-11-13-23(32-2)14-12-21/h4-14H,3,15-19H2,1-2H3. The number of hydrogen-bond acceptors (Lipinski definition) is 4. The molecule has 0 aliphatic carbocycles. The second-order valence-electron chi connectivity index (χ2n) is 8.41. The molecular weight excluding hydrogens is 394 g/mol. The fourth-order valence-corrected chi connectivity index (χ4v) is 4.67. The van der Waals surface area contributed by atoms with Gasteiger partial charge in [-0.1, -0.05) is 49.4 Å². The van der Waals surface area contributed by atoms with Gasteiger partial charge in [-0.05, 0) is 47.0 Å². The van der Waals surface area contributed by atoms with Crippen LogP contribution in [-0.2, 0) is 25.8 Å². The Bertz CT molecular complexity index is 1230. The maximum absolute atomic E-state index is 5.34. The molecule has 0 amide bonds. The van der Waals surface area contributed by atoms with Gasteiger partial charge in [0.15, 0.2) is 0 Å². The van der Waals surface area contributed by atoms with E-state index in [-0.39, 0.29) is 0 Å². The molecule has 2 heterocycles. The average Bonchev–Trinajstić information content (AvgIpc) is 3.06. The highest BCUT2D eigenvalue weighted by Crippen LogP contribution is 2.29. The number of aryl methyl sites for hydroxylation is 1. The highest BCUT2D eigenvalue weighted by molar-refractivity contribution is 5.85. The Balaban J connectivity index is 1.44. The summed E-state index contributed by atoms with van der Waals surface area (Å²) in [5, 5.41) is 2.66. The number of aromatic nitrogens is 2. The lowest BCUT2D eigenvalue weighted by Crippen LogP contribution is -2.26. The fraction of sp³-hybridized carbons (Fsp3) is 0.286. The van der Waals surface area contributed by atoms with Crippen molar-refractivity contribution in [1.82, 2.24) is 14.9 Å². The van der Waals surface area contributed by atoms with Gasteiger partial charge in [-0.25, -0.2) is 9.97 Å². The molecule has 0 atom stereocenters. The van der Waals surface area contributed by atoms with Crippen LogP contribution in [0.25, 0.3) is 22.0 Å². The van der Waals surface area contributed by atoms with Crippen molar-refractivity contribution in [3.8, 4) is 17.0 Å². The molecule has 5 rings (SSSR count). The first-order valence-corrected chi connectivity index (χ1v) is 11.5. The van der Waals surface area contributed by atoms with E-state index in [0.717, 1.165) is 61.7 Å². The minimum Gasteiger partial charge on any atom is -0.497 e. The lowest BCUT2D eigenvalue weighted by Gasteiger charge is -2.20. The molecule has 32 heavy (non-hydrogen) atoms. The van der Waals surface area contributed by atoms with Gasteiger partial charge in [0.1, 0.15) is 11.6 Å². The molecule has 4 aromatic rings. The minimum atomic E-state index is 0.843. The van der Waals surface area contributed by atoms with Gasteiger partial charge in [0.05, 0.1) is 12.8 Å².